The van der Waals surface area contributed by atoms with Gasteiger partial charge >= 0.3 is 0 Å². The standard InChI is InChI=1S/C16H28N6O.HI/c1-3-17-16(19-14-6-8-23-9-7-14)18-10-13-4-5-15-21-20-12(2)22(15)11-13;/h13-14H,3-11H2,1-2H3,(H2,17,18,19);1H. The van der Waals surface area contributed by atoms with Crippen LogP contribution in [0.5, 0.6) is 0 Å². The number of aliphatic imine (C=N–C) groups is 1. The SMILES string of the molecule is CCNC(=NCC1CCc2nnc(C)n2C1)NC1CCOCC1.I. The van der Waals surface area contributed by atoms with E-state index in [-0.39, 0.29) is 24.0 Å². The zero-order valence-corrected chi connectivity index (χ0v) is 17.0. The Morgan fingerprint density at radius 3 is 2.83 bits per heavy atom. The van der Waals surface area contributed by atoms with Gasteiger partial charge in [-0.25, -0.2) is 0 Å². The van der Waals surface area contributed by atoms with Crippen LogP contribution in [-0.4, -0.2) is 53.1 Å². The van der Waals surface area contributed by atoms with Crippen LogP contribution < -0.4 is 10.6 Å². The molecule has 0 aliphatic carbocycles. The molecule has 1 unspecified atom stereocenters. The predicted octanol–water partition coefficient (Wildman–Crippen LogP) is 1.50. The second kappa shape index (κ2) is 9.55. The number of ether oxygens (including phenoxy) is 1. The first-order valence-corrected chi connectivity index (χ1v) is 8.77. The number of hydrogen-bond acceptors (Lipinski definition) is 4. The lowest BCUT2D eigenvalue weighted by Gasteiger charge is -2.26. The van der Waals surface area contributed by atoms with Gasteiger partial charge in [-0.2, -0.15) is 0 Å². The molecule has 1 aromatic rings. The molecule has 1 fully saturated rings. The van der Waals surface area contributed by atoms with Crippen molar-refractivity contribution in [1.82, 2.24) is 25.4 Å². The third-order valence-corrected chi connectivity index (χ3v) is 4.64. The number of rotatable bonds is 4. The van der Waals surface area contributed by atoms with Gasteiger partial charge in [-0.3, -0.25) is 4.99 Å². The number of guanidine groups is 1. The summed E-state index contributed by atoms with van der Waals surface area (Å²) in [4.78, 5) is 4.82. The van der Waals surface area contributed by atoms with E-state index >= 15 is 0 Å². The van der Waals surface area contributed by atoms with Gasteiger partial charge in [-0.05, 0) is 39.0 Å². The minimum absolute atomic E-state index is 0. The van der Waals surface area contributed by atoms with E-state index in [4.69, 9.17) is 9.73 Å². The summed E-state index contributed by atoms with van der Waals surface area (Å²) in [5, 5.41) is 15.3. The highest BCUT2D eigenvalue weighted by Crippen LogP contribution is 2.20. The summed E-state index contributed by atoms with van der Waals surface area (Å²) in [6.07, 6.45) is 4.25. The molecule has 2 aliphatic heterocycles. The summed E-state index contributed by atoms with van der Waals surface area (Å²) in [5.74, 6) is 3.63. The summed E-state index contributed by atoms with van der Waals surface area (Å²) >= 11 is 0. The molecule has 136 valence electrons. The zero-order chi connectivity index (χ0) is 16.1. The van der Waals surface area contributed by atoms with E-state index in [1.807, 2.05) is 6.92 Å². The summed E-state index contributed by atoms with van der Waals surface area (Å²) in [5.41, 5.74) is 0. The lowest BCUT2D eigenvalue weighted by atomic mass is 9.99. The van der Waals surface area contributed by atoms with Crippen molar-refractivity contribution in [2.75, 3.05) is 26.3 Å². The first-order valence-electron chi connectivity index (χ1n) is 8.77. The zero-order valence-electron chi connectivity index (χ0n) is 14.6. The normalized spacial score (nSPS) is 21.8. The van der Waals surface area contributed by atoms with Crippen LogP contribution in [0, 0.1) is 12.8 Å². The lowest BCUT2D eigenvalue weighted by molar-refractivity contribution is 0.0822. The van der Waals surface area contributed by atoms with Gasteiger partial charge in [0.05, 0.1) is 0 Å². The quantitative estimate of drug-likeness (QED) is 0.415. The first kappa shape index (κ1) is 19.4. The molecule has 0 saturated carbocycles. The molecule has 24 heavy (non-hydrogen) atoms. The fourth-order valence-corrected chi connectivity index (χ4v) is 3.25. The van der Waals surface area contributed by atoms with Crippen LogP contribution in [0.1, 0.15) is 37.8 Å². The van der Waals surface area contributed by atoms with Gasteiger partial charge in [0, 0.05) is 45.3 Å². The van der Waals surface area contributed by atoms with Gasteiger partial charge in [-0.1, -0.05) is 0 Å². The topological polar surface area (TPSA) is 76.4 Å². The number of aryl methyl sites for hydroxylation is 2. The maximum Gasteiger partial charge on any atom is 0.191 e. The molecule has 0 amide bonds. The minimum atomic E-state index is 0. The number of hydrogen-bond donors (Lipinski definition) is 2. The molecular formula is C16H29IN6O. The second-order valence-corrected chi connectivity index (χ2v) is 6.43. The van der Waals surface area contributed by atoms with Gasteiger partial charge < -0.3 is 19.9 Å². The van der Waals surface area contributed by atoms with Crippen molar-refractivity contribution in [2.24, 2.45) is 10.9 Å². The smallest absolute Gasteiger partial charge is 0.191 e. The van der Waals surface area contributed by atoms with Crippen LogP contribution >= 0.6 is 24.0 Å². The van der Waals surface area contributed by atoms with Gasteiger partial charge in [0.25, 0.3) is 0 Å². The van der Waals surface area contributed by atoms with Crippen LogP contribution in [0.25, 0.3) is 0 Å². The highest BCUT2D eigenvalue weighted by atomic mass is 127. The highest BCUT2D eigenvalue weighted by molar-refractivity contribution is 14.0. The fraction of sp³-hybridized carbons (Fsp3) is 0.812. The Bertz CT molecular complexity index is 541. The Balaban J connectivity index is 0.00000208. The van der Waals surface area contributed by atoms with Crippen LogP contribution in [0.2, 0.25) is 0 Å². The molecule has 1 aromatic heterocycles. The molecular weight excluding hydrogens is 419 g/mol. The molecule has 0 spiro atoms. The summed E-state index contributed by atoms with van der Waals surface area (Å²) in [7, 11) is 0. The molecule has 2 aliphatic rings. The molecule has 3 rings (SSSR count). The van der Waals surface area contributed by atoms with Gasteiger partial charge in [0.1, 0.15) is 11.6 Å². The molecule has 0 aromatic carbocycles. The van der Waals surface area contributed by atoms with E-state index in [1.54, 1.807) is 0 Å². The van der Waals surface area contributed by atoms with Crippen molar-refractivity contribution in [3.05, 3.63) is 11.6 Å². The third-order valence-electron chi connectivity index (χ3n) is 4.64. The molecule has 3 heterocycles. The minimum Gasteiger partial charge on any atom is -0.381 e. The summed E-state index contributed by atoms with van der Waals surface area (Å²) in [6, 6.07) is 0.472. The average molecular weight is 448 g/mol. The number of halogens is 1. The van der Waals surface area contributed by atoms with Gasteiger partial charge in [0.15, 0.2) is 5.96 Å². The molecule has 1 saturated heterocycles. The molecule has 1 atom stereocenters. The number of nitrogens with zero attached hydrogens (tertiary/aromatic N) is 4. The fourth-order valence-electron chi connectivity index (χ4n) is 3.25. The Morgan fingerprint density at radius 1 is 1.29 bits per heavy atom. The van der Waals surface area contributed by atoms with Crippen LogP contribution in [0.3, 0.4) is 0 Å². The van der Waals surface area contributed by atoms with Crippen molar-refractivity contribution in [3.63, 3.8) is 0 Å². The van der Waals surface area contributed by atoms with Crippen LogP contribution in [-0.2, 0) is 17.7 Å². The maximum absolute atomic E-state index is 5.42. The molecule has 0 radical (unpaired) electrons. The van der Waals surface area contributed by atoms with Gasteiger partial charge in [-0.15, -0.1) is 34.2 Å². The van der Waals surface area contributed by atoms with Crippen LogP contribution in [0.4, 0.5) is 0 Å². The number of aromatic nitrogens is 3. The Morgan fingerprint density at radius 2 is 2.08 bits per heavy atom. The van der Waals surface area contributed by atoms with E-state index < -0.39 is 0 Å². The monoisotopic (exact) mass is 448 g/mol. The molecule has 7 nitrogen and oxygen atoms in total. The second-order valence-electron chi connectivity index (χ2n) is 6.43. The van der Waals surface area contributed by atoms with Gasteiger partial charge in [0.2, 0.25) is 0 Å². The molecule has 2 N–H and O–H groups in total. The van der Waals surface area contributed by atoms with Crippen molar-refractivity contribution >= 4 is 29.9 Å². The largest absolute Gasteiger partial charge is 0.381 e. The Labute approximate surface area is 161 Å². The van der Waals surface area contributed by atoms with E-state index in [9.17, 15) is 0 Å². The molecule has 0 bridgehead atoms. The highest BCUT2D eigenvalue weighted by Gasteiger charge is 2.21. The first-order chi connectivity index (χ1) is 11.3. The summed E-state index contributed by atoms with van der Waals surface area (Å²) < 4.78 is 7.66. The van der Waals surface area contributed by atoms with Crippen molar-refractivity contribution in [3.8, 4) is 0 Å². The molecule has 8 heteroatoms. The van der Waals surface area contributed by atoms with E-state index in [1.165, 1.54) is 0 Å². The number of nitrogens with one attached hydrogen (secondary N) is 2. The van der Waals surface area contributed by atoms with Crippen LogP contribution in [0.15, 0.2) is 4.99 Å². The van der Waals surface area contributed by atoms with Crippen molar-refractivity contribution in [2.45, 2.75) is 52.1 Å². The Hall–Kier alpha value is -0.900. The van der Waals surface area contributed by atoms with Crippen molar-refractivity contribution in [1.29, 1.82) is 0 Å². The van der Waals surface area contributed by atoms with E-state index in [2.05, 4.69) is 32.3 Å². The number of fused-ring (bicyclic) bond motifs is 1. The Kier molecular flexibility index (Phi) is 7.73. The lowest BCUT2D eigenvalue weighted by Crippen LogP contribution is -2.46. The van der Waals surface area contributed by atoms with E-state index in [0.29, 0.717) is 12.0 Å². The predicted molar refractivity (Wildman–Crippen MR) is 105 cm³/mol. The van der Waals surface area contributed by atoms with E-state index in [0.717, 1.165) is 76.1 Å². The summed E-state index contributed by atoms with van der Waals surface area (Å²) in [6.45, 7) is 8.52. The third kappa shape index (κ3) is 5.05. The maximum atomic E-state index is 5.42. The average Bonchev–Trinajstić information content (AvgIpc) is 2.95. The van der Waals surface area contributed by atoms with Crippen molar-refractivity contribution < 1.29 is 4.74 Å².